The van der Waals surface area contributed by atoms with Gasteiger partial charge in [-0.1, -0.05) is 26.2 Å². The molecule has 1 N–H and O–H groups in total. The zero-order valence-electron chi connectivity index (χ0n) is 12.3. The Balaban J connectivity index is 2.64. The summed E-state index contributed by atoms with van der Waals surface area (Å²) in [6.07, 6.45) is 8.25. The molecule has 0 saturated heterocycles. The third kappa shape index (κ3) is 4.59. The predicted octanol–water partition coefficient (Wildman–Crippen LogP) is 2.57. The minimum atomic E-state index is -0.162. The number of nitriles is 1. The van der Waals surface area contributed by atoms with Gasteiger partial charge in [0.05, 0.1) is 0 Å². The van der Waals surface area contributed by atoms with Gasteiger partial charge in [0.25, 0.3) is 5.91 Å². The Bertz CT molecular complexity index is 364. The fourth-order valence-electron chi connectivity index (χ4n) is 2.31. The molecule has 0 aliphatic heterocycles. The summed E-state index contributed by atoms with van der Waals surface area (Å²) in [5, 5.41) is 12.2. The van der Waals surface area contributed by atoms with Gasteiger partial charge in [-0.15, -0.1) is 0 Å². The van der Waals surface area contributed by atoms with E-state index in [0.29, 0.717) is 6.04 Å². The quantitative estimate of drug-likeness (QED) is 0.612. The van der Waals surface area contributed by atoms with Crippen molar-refractivity contribution in [3.05, 3.63) is 11.8 Å². The highest BCUT2D eigenvalue weighted by molar-refractivity contribution is 5.97. The lowest BCUT2D eigenvalue weighted by atomic mass is 9.94. The van der Waals surface area contributed by atoms with E-state index >= 15 is 0 Å². The molecule has 0 spiro atoms. The Hall–Kier alpha value is -1.50. The van der Waals surface area contributed by atoms with Gasteiger partial charge in [-0.3, -0.25) is 4.79 Å². The van der Waals surface area contributed by atoms with Crippen molar-refractivity contribution in [3.63, 3.8) is 0 Å². The maximum absolute atomic E-state index is 12.3. The van der Waals surface area contributed by atoms with Crippen LogP contribution in [0.4, 0.5) is 0 Å². The molecular weight excluding hydrogens is 238 g/mol. The molecule has 1 saturated carbocycles. The Morgan fingerprint density at radius 1 is 1.47 bits per heavy atom. The first-order valence-electron chi connectivity index (χ1n) is 7.23. The predicted molar refractivity (Wildman–Crippen MR) is 76.2 cm³/mol. The molecule has 1 rings (SSSR count). The molecule has 4 heteroatoms. The minimum Gasteiger partial charge on any atom is -0.387 e. The van der Waals surface area contributed by atoms with Gasteiger partial charge in [-0.2, -0.15) is 5.26 Å². The van der Waals surface area contributed by atoms with Crippen molar-refractivity contribution >= 4 is 5.91 Å². The molecule has 1 atom stereocenters. The molecule has 0 radical (unpaired) electrons. The molecule has 1 amide bonds. The van der Waals surface area contributed by atoms with E-state index in [0.717, 1.165) is 19.3 Å². The molecule has 0 bridgehead atoms. The SMILES string of the molecule is CCC(C)N/C=C(/C#N)C(=O)N(C)C1CCCCC1. The highest BCUT2D eigenvalue weighted by atomic mass is 16.2. The van der Waals surface area contributed by atoms with Crippen LogP contribution in [0.25, 0.3) is 0 Å². The van der Waals surface area contributed by atoms with Gasteiger partial charge < -0.3 is 10.2 Å². The van der Waals surface area contributed by atoms with E-state index in [1.807, 2.05) is 20.0 Å². The molecule has 4 nitrogen and oxygen atoms in total. The fourth-order valence-corrected chi connectivity index (χ4v) is 2.31. The van der Waals surface area contributed by atoms with Gasteiger partial charge in [0.1, 0.15) is 11.6 Å². The van der Waals surface area contributed by atoms with Crippen LogP contribution in [0.1, 0.15) is 52.4 Å². The zero-order chi connectivity index (χ0) is 14.3. The monoisotopic (exact) mass is 263 g/mol. The topological polar surface area (TPSA) is 56.1 Å². The van der Waals surface area contributed by atoms with E-state index in [-0.39, 0.29) is 17.5 Å². The number of hydrogen-bond acceptors (Lipinski definition) is 3. The summed E-state index contributed by atoms with van der Waals surface area (Å²) in [6.45, 7) is 4.09. The highest BCUT2D eigenvalue weighted by Gasteiger charge is 2.24. The number of amides is 1. The average molecular weight is 263 g/mol. The Morgan fingerprint density at radius 3 is 2.63 bits per heavy atom. The lowest BCUT2D eigenvalue weighted by Gasteiger charge is -2.31. The van der Waals surface area contributed by atoms with Crippen LogP contribution in [0, 0.1) is 11.3 Å². The van der Waals surface area contributed by atoms with Crippen LogP contribution in [0.3, 0.4) is 0 Å². The molecule has 106 valence electrons. The Kier molecular flexibility index (Phi) is 6.41. The minimum absolute atomic E-state index is 0.162. The molecule has 19 heavy (non-hydrogen) atoms. The molecule has 1 fully saturated rings. The number of nitrogens with one attached hydrogen (secondary N) is 1. The maximum Gasteiger partial charge on any atom is 0.265 e. The fraction of sp³-hybridized carbons (Fsp3) is 0.733. The summed E-state index contributed by atoms with van der Waals surface area (Å²) in [5.41, 5.74) is 0.202. The smallest absolute Gasteiger partial charge is 0.265 e. The van der Waals surface area contributed by atoms with Crippen LogP contribution in [0.5, 0.6) is 0 Å². The third-order valence-electron chi connectivity index (χ3n) is 3.92. The van der Waals surface area contributed by atoms with E-state index in [2.05, 4.69) is 12.2 Å². The summed E-state index contributed by atoms with van der Waals surface area (Å²) >= 11 is 0. The van der Waals surface area contributed by atoms with Gasteiger partial charge >= 0.3 is 0 Å². The molecule has 1 aliphatic rings. The normalized spacial score (nSPS) is 18.5. The lowest BCUT2D eigenvalue weighted by Crippen LogP contribution is -2.39. The van der Waals surface area contributed by atoms with E-state index in [4.69, 9.17) is 5.26 Å². The molecule has 0 aromatic rings. The molecule has 0 aromatic heterocycles. The second-order valence-corrected chi connectivity index (χ2v) is 5.35. The van der Waals surface area contributed by atoms with Crippen molar-refractivity contribution in [2.24, 2.45) is 0 Å². The van der Waals surface area contributed by atoms with Crippen molar-refractivity contribution in [1.29, 1.82) is 5.26 Å². The van der Waals surface area contributed by atoms with Gasteiger partial charge in [0, 0.05) is 25.3 Å². The van der Waals surface area contributed by atoms with Crippen molar-refractivity contribution in [1.82, 2.24) is 10.2 Å². The van der Waals surface area contributed by atoms with Crippen molar-refractivity contribution in [2.45, 2.75) is 64.5 Å². The van der Waals surface area contributed by atoms with Gasteiger partial charge in [0.2, 0.25) is 0 Å². The number of hydrogen-bond donors (Lipinski definition) is 1. The van der Waals surface area contributed by atoms with E-state index in [1.54, 1.807) is 11.1 Å². The van der Waals surface area contributed by atoms with E-state index < -0.39 is 0 Å². The molecule has 1 unspecified atom stereocenters. The van der Waals surface area contributed by atoms with Crippen LogP contribution < -0.4 is 5.32 Å². The van der Waals surface area contributed by atoms with Gasteiger partial charge in [0.15, 0.2) is 0 Å². The summed E-state index contributed by atoms with van der Waals surface area (Å²) < 4.78 is 0. The standard InChI is InChI=1S/C15H25N3O/c1-4-12(2)17-11-13(10-16)15(19)18(3)14-8-6-5-7-9-14/h11-12,14,17H,4-9H2,1-3H3/b13-11-. The lowest BCUT2D eigenvalue weighted by molar-refractivity contribution is -0.128. The largest absolute Gasteiger partial charge is 0.387 e. The van der Waals surface area contributed by atoms with Crippen LogP contribution in [0.15, 0.2) is 11.8 Å². The third-order valence-corrected chi connectivity index (χ3v) is 3.92. The zero-order valence-corrected chi connectivity index (χ0v) is 12.3. The summed E-state index contributed by atoms with van der Waals surface area (Å²) in [4.78, 5) is 14.0. The van der Waals surface area contributed by atoms with Crippen LogP contribution >= 0.6 is 0 Å². The number of rotatable bonds is 5. The van der Waals surface area contributed by atoms with Crippen LogP contribution in [0.2, 0.25) is 0 Å². The first-order valence-corrected chi connectivity index (χ1v) is 7.23. The second kappa shape index (κ2) is 7.83. The number of likely N-dealkylation sites (N-methyl/N-ethyl adjacent to an activating group) is 1. The summed E-state index contributed by atoms with van der Waals surface area (Å²) in [6, 6.07) is 2.58. The van der Waals surface area contributed by atoms with Crippen molar-refractivity contribution < 1.29 is 4.79 Å². The van der Waals surface area contributed by atoms with Gasteiger partial charge in [-0.05, 0) is 26.2 Å². The molecular formula is C15H25N3O. The van der Waals surface area contributed by atoms with Crippen LogP contribution in [-0.4, -0.2) is 29.9 Å². The van der Waals surface area contributed by atoms with Crippen molar-refractivity contribution in [3.8, 4) is 6.07 Å². The first kappa shape index (κ1) is 15.6. The van der Waals surface area contributed by atoms with Crippen molar-refractivity contribution in [2.75, 3.05) is 7.05 Å². The first-order chi connectivity index (χ1) is 9.10. The van der Waals surface area contributed by atoms with E-state index in [1.165, 1.54) is 19.3 Å². The molecule has 1 aliphatic carbocycles. The van der Waals surface area contributed by atoms with E-state index in [9.17, 15) is 4.79 Å². The number of carbonyl (C=O) groups excluding carboxylic acids is 1. The Morgan fingerprint density at radius 2 is 2.11 bits per heavy atom. The van der Waals surface area contributed by atoms with Crippen LogP contribution in [-0.2, 0) is 4.79 Å². The number of carbonyl (C=O) groups is 1. The Labute approximate surface area is 116 Å². The van der Waals surface area contributed by atoms with Gasteiger partial charge in [-0.25, -0.2) is 0 Å². The number of nitrogens with zero attached hydrogens (tertiary/aromatic N) is 2. The maximum atomic E-state index is 12.3. The molecule has 0 aromatic carbocycles. The summed E-state index contributed by atoms with van der Waals surface area (Å²) in [5.74, 6) is -0.162. The molecule has 0 heterocycles. The highest BCUT2D eigenvalue weighted by Crippen LogP contribution is 2.22. The summed E-state index contributed by atoms with van der Waals surface area (Å²) in [7, 11) is 1.81. The average Bonchev–Trinajstić information content (AvgIpc) is 2.47. The second-order valence-electron chi connectivity index (χ2n) is 5.35.